The topological polar surface area (TPSA) is 66.8 Å². The second kappa shape index (κ2) is 11.2. The first kappa shape index (κ1) is 28.6. The quantitative estimate of drug-likeness (QED) is 0.188. The van der Waals surface area contributed by atoms with E-state index in [-0.39, 0.29) is 29.0 Å². The van der Waals surface area contributed by atoms with Crippen LogP contribution in [-0.2, 0) is 22.0 Å². The van der Waals surface area contributed by atoms with Crippen molar-refractivity contribution < 1.29 is 19.7 Å². The van der Waals surface area contributed by atoms with Gasteiger partial charge in [-0.3, -0.25) is 4.79 Å². The minimum Gasteiger partial charge on any atom is -0.508 e. The van der Waals surface area contributed by atoms with Gasteiger partial charge < -0.3 is 14.9 Å². The molecule has 3 aromatic carbocycles. The maximum Gasteiger partial charge on any atom is 0.312 e. The van der Waals surface area contributed by atoms with Crippen molar-refractivity contribution >= 4 is 17.7 Å². The van der Waals surface area contributed by atoms with Gasteiger partial charge in [0.15, 0.2) is 0 Å². The van der Waals surface area contributed by atoms with E-state index in [2.05, 4.69) is 60.6 Å². The van der Waals surface area contributed by atoms with Crippen LogP contribution in [-0.4, -0.2) is 21.9 Å². The van der Waals surface area contributed by atoms with Crippen molar-refractivity contribution in [2.24, 2.45) is 0 Å². The first-order valence-electron chi connectivity index (χ1n) is 12.7. The van der Waals surface area contributed by atoms with Crippen LogP contribution in [0.5, 0.6) is 17.2 Å². The number of aromatic hydroxyl groups is 2. The highest BCUT2D eigenvalue weighted by molar-refractivity contribution is 7.99. The lowest BCUT2D eigenvalue weighted by molar-refractivity contribution is -0.134. The molecule has 3 aromatic rings. The molecule has 0 aliphatic heterocycles. The van der Waals surface area contributed by atoms with Crippen molar-refractivity contribution in [3.05, 3.63) is 81.9 Å². The number of phenolic OH excluding ortho intramolecular Hbond substituents is 2. The lowest BCUT2D eigenvalue weighted by Gasteiger charge is -2.26. The summed E-state index contributed by atoms with van der Waals surface area (Å²) in [7, 11) is 0. The number of benzene rings is 3. The summed E-state index contributed by atoms with van der Waals surface area (Å²) < 4.78 is 6.08. The van der Waals surface area contributed by atoms with Crippen molar-refractivity contribution in [2.75, 3.05) is 5.75 Å². The second-order valence-electron chi connectivity index (χ2n) is 11.9. The van der Waals surface area contributed by atoms with Crippen LogP contribution < -0.4 is 4.74 Å². The Hall–Kier alpha value is -2.92. The number of esters is 1. The van der Waals surface area contributed by atoms with Crippen LogP contribution in [0.1, 0.15) is 81.3 Å². The van der Waals surface area contributed by atoms with E-state index in [1.807, 2.05) is 31.2 Å². The Labute approximate surface area is 226 Å². The Kier molecular flexibility index (Phi) is 8.69. The second-order valence-corrected chi connectivity index (χ2v) is 13.0. The molecule has 0 amide bonds. The zero-order valence-corrected chi connectivity index (χ0v) is 24.2. The molecule has 0 aliphatic rings. The van der Waals surface area contributed by atoms with E-state index in [1.165, 1.54) is 0 Å². The maximum atomic E-state index is 13.0. The van der Waals surface area contributed by atoms with E-state index >= 15 is 0 Å². The first-order chi connectivity index (χ1) is 17.1. The predicted molar refractivity (Wildman–Crippen MR) is 153 cm³/mol. The summed E-state index contributed by atoms with van der Waals surface area (Å²) in [5, 5.41) is 20.7. The van der Waals surface area contributed by atoms with Crippen molar-refractivity contribution in [3.8, 4) is 17.2 Å². The molecule has 0 bridgehead atoms. The predicted octanol–water partition coefficient (Wildman–Crippen LogP) is 7.99. The molecule has 3 rings (SSSR count). The van der Waals surface area contributed by atoms with Crippen LogP contribution in [0, 0.1) is 13.8 Å². The number of ether oxygens (including phenoxy) is 1. The summed E-state index contributed by atoms with van der Waals surface area (Å²) in [5.74, 6) is 1.41. The van der Waals surface area contributed by atoms with Crippen molar-refractivity contribution in [3.63, 3.8) is 0 Å². The zero-order valence-electron chi connectivity index (χ0n) is 23.4. The van der Waals surface area contributed by atoms with Gasteiger partial charge in [0, 0.05) is 22.6 Å². The molecule has 0 aliphatic carbocycles. The summed E-state index contributed by atoms with van der Waals surface area (Å²) in [6.45, 7) is 16.7. The molecule has 0 heterocycles. The molecule has 0 atom stereocenters. The number of phenols is 2. The fourth-order valence-electron chi connectivity index (χ4n) is 4.38. The third-order valence-corrected chi connectivity index (χ3v) is 7.28. The van der Waals surface area contributed by atoms with Gasteiger partial charge in [-0.25, -0.2) is 0 Å². The monoisotopic (exact) mass is 520 g/mol. The van der Waals surface area contributed by atoms with E-state index in [1.54, 1.807) is 23.9 Å². The van der Waals surface area contributed by atoms with Gasteiger partial charge in [-0.2, -0.15) is 0 Å². The van der Waals surface area contributed by atoms with Gasteiger partial charge >= 0.3 is 5.97 Å². The van der Waals surface area contributed by atoms with Gasteiger partial charge in [0.2, 0.25) is 0 Å². The Bertz CT molecular complexity index is 1260. The highest BCUT2D eigenvalue weighted by Crippen LogP contribution is 2.40. The number of hydrogen-bond donors (Lipinski definition) is 2. The van der Waals surface area contributed by atoms with Crippen molar-refractivity contribution in [1.82, 2.24) is 0 Å². The molecule has 0 saturated carbocycles. The Balaban J connectivity index is 1.92. The highest BCUT2D eigenvalue weighted by Gasteiger charge is 2.26. The normalized spacial score (nSPS) is 12.0. The highest BCUT2D eigenvalue weighted by atomic mass is 32.2. The molecule has 198 valence electrons. The van der Waals surface area contributed by atoms with Crippen LogP contribution in [0.15, 0.2) is 53.4 Å². The number of thioether (sulfide) groups is 1. The minimum absolute atomic E-state index is 0.196. The van der Waals surface area contributed by atoms with Crippen LogP contribution in [0.2, 0.25) is 0 Å². The van der Waals surface area contributed by atoms with Gasteiger partial charge in [-0.15, -0.1) is 11.8 Å². The number of carbonyl (C=O) groups is 1. The third kappa shape index (κ3) is 7.54. The summed E-state index contributed by atoms with van der Waals surface area (Å²) >= 11 is 1.55. The number of aryl methyl sites for hydroxylation is 2. The number of rotatable bonds is 7. The van der Waals surface area contributed by atoms with E-state index < -0.39 is 0 Å². The fourth-order valence-corrected chi connectivity index (χ4v) is 5.22. The fraction of sp³-hybridized carbons (Fsp3) is 0.406. The van der Waals surface area contributed by atoms with E-state index in [4.69, 9.17) is 4.74 Å². The van der Waals surface area contributed by atoms with Gasteiger partial charge in [0.25, 0.3) is 0 Å². The summed E-state index contributed by atoms with van der Waals surface area (Å²) in [5.41, 5.74) is 5.36. The maximum absolute atomic E-state index is 13.0. The molecule has 2 N–H and O–H groups in total. The van der Waals surface area contributed by atoms with E-state index in [0.717, 1.165) is 38.3 Å². The van der Waals surface area contributed by atoms with Crippen molar-refractivity contribution in [2.45, 2.75) is 84.0 Å². The van der Waals surface area contributed by atoms with Gasteiger partial charge in [-0.1, -0.05) is 76.9 Å². The standard InChI is InChI=1S/C32H40O4S/c1-20-15-22(29(35)26(17-20)31(3,4)5)19-23-16-21(2)18-27(32(6,7)8)30(23)36-28(34)13-14-37-25-11-9-24(33)10-12-25/h9-12,15-18,33,35H,13-14,19H2,1-8H3. The van der Waals surface area contributed by atoms with Gasteiger partial charge in [-0.05, 0) is 65.6 Å². The average Bonchev–Trinajstić information content (AvgIpc) is 2.77. The minimum atomic E-state index is -0.286. The lowest BCUT2D eigenvalue weighted by atomic mass is 9.81. The average molecular weight is 521 g/mol. The van der Waals surface area contributed by atoms with Gasteiger partial charge in [0.1, 0.15) is 17.2 Å². The molecular weight excluding hydrogens is 480 g/mol. The van der Waals surface area contributed by atoms with Crippen LogP contribution in [0.25, 0.3) is 0 Å². The molecule has 0 aromatic heterocycles. The summed E-state index contributed by atoms with van der Waals surface area (Å²) in [6, 6.07) is 15.2. The molecule has 4 nitrogen and oxygen atoms in total. The SMILES string of the molecule is Cc1cc(Cc2cc(C)cc(C(C)(C)C)c2OC(=O)CCSc2ccc(O)cc2)c(O)c(C(C)(C)C)c1. The van der Waals surface area contributed by atoms with Crippen molar-refractivity contribution in [1.29, 1.82) is 0 Å². The summed E-state index contributed by atoms with van der Waals surface area (Å²) in [6.07, 6.45) is 0.721. The molecule has 37 heavy (non-hydrogen) atoms. The smallest absolute Gasteiger partial charge is 0.312 e. The molecule has 0 saturated heterocycles. The third-order valence-electron chi connectivity index (χ3n) is 6.27. The Morgan fingerprint density at radius 2 is 1.35 bits per heavy atom. The number of carbonyl (C=O) groups excluding carboxylic acids is 1. The largest absolute Gasteiger partial charge is 0.508 e. The van der Waals surface area contributed by atoms with Gasteiger partial charge in [0.05, 0.1) is 6.42 Å². The molecule has 0 spiro atoms. The number of hydrogen-bond acceptors (Lipinski definition) is 5. The Morgan fingerprint density at radius 1 is 0.811 bits per heavy atom. The van der Waals surface area contributed by atoms with E-state index in [9.17, 15) is 15.0 Å². The summed E-state index contributed by atoms with van der Waals surface area (Å²) in [4.78, 5) is 14.0. The van der Waals surface area contributed by atoms with Crippen LogP contribution >= 0.6 is 11.8 Å². The molecule has 5 heteroatoms. The van der Waals surface area contributed by atoms with Crippen LogP contribution in [0.3, 0.4) is 0 Å². The first-order valence-corrected chi connectivity index (χ1v) is 13.7. The molecule has 0 fully saturated rings. The van der Waals surface area contributed by atoms with E-state index in [0.29, 0.717) is 23.7 Å². The molecule has 0 radical (unpaired) electrons. The molecule has 0 unspecified atom stereocenters. The lowest BCUT2D eigenvalue weighted by Crippen LogP contribution is -2.19. The molecular formula is C32H40O4S. The van der Waals surface area contributed by atoms with Crippen LogP contribution in [0.4, 0.5) is 0 Å². The zero-order chi connectivity index (χ0) is 27.5. The Morgan fingerprint density at radius 3 is 1.92 bits per heavy atom.